The van der Waals surface area contributed by atoms with Crippen LogP contribution in [0.1, 0.15) is 18.1 Å². The highest BCUT2D eigenvalue weighted by molar-refractivity contribution is 9.10. The number of likely N-dealkylation sites (N-methyl/N-ethyl adjacent to an activating group) is 1. The van der Waals surface area contributed by atoms with E-state index in [1.54, 1.807) is 0 Å². The Kier molecular flexibility index (Phi) is 6.16. The monoisotopic (exact) mass is 418 g/mol. The smallest absolute Gasteiger partial charge is 0.238 e. The van der Waals surface area contributed by atoms with Gasteiger partial charge in [-0.15, -0.1) is 0 Å². The van der Waals surface area contributed by atoms with Crippen molar-refractivity contribution in [3.8, 4) is 11.5 Å². The summed E-state index contributed by atoms with van der Waals surface area (Å²) in [5.41, 5.74) is 3.07. The molecule has 1 heterocycles. The van der Waals surface area contributed by atoms with Gasteiger partial charge < -0.3 is 14.8 Å². The van der Waals surface area contributed by atoms with Crippen LogP contribution in [0.15, 0.2) is 40.9 Å². The second-order valence-corrected chi connectivity index (χ2v) is 7.17. The zero-order chi connectivity index (χ0) is 18.5. The number of anilines is 1. The number of para-hydroxylation sites is 1. The van der Waals surface area contributed by atoms with Gasteiger partial charge in [-0.2, -0.15) is 0 Å². The van der Waals surface area contributed by atoms with Crippen molar-refractivity contribution in [1.29, 1.82) is 0 Å². The minimum absolute atomic E-state index is 0.0259. The van der Waals surface area contributed by atoms with E-state index >= 15 is 0 Å². The maximum atomic E-state index is 12.4. The van der Waals surface area contributed by atoms with Crippen molar-refractivity contribution in [3.63, 3.8) is 0 Å². The summed E-state index contributed by atoms with van der Waals surface area (Å²) < 4.78 is 12.2. The summed E-state index contributed by atoms with van der Waals surface area (Å²) in [6.07, 6.45) is 0.885. The molecule has 138 valence electrons. The Morgan fingerprint density at radius 1 is 1.15 bits per heavy atom. The van der Waals surface area contributed by atoms with Gasteiger partial charge in [-0.1, -0.05) is 41.1 Å². The number of hydrogen-bond acceptors (Lipinski definition) is 4. The molecule has 0 aromatic heterocycles. The average molecular weight is 419 g/mol. The zero-order valence-electron chi connectivity index (χ0n) is 15.0. The van der Waals surface area contributed by atoms with Crippen LogP contribution in [-0.2, 0) is 17.8 Å². The van der Waals surface area contributed by atoms with E-state index in [1.165, 1.54) is 0 Å². The minimum Gasteiger partial charge on any atom is -0.486 e. The molecule has 1 aliphatic rings. The van der Waals surface area contributed by atoms with Gasteiger partial charge in [0.1, 0.15) is 13.2 Å². The van der Waals surface area contributed by atoms with Gasteiger partial charge in [-0.3, -0.25) is 9.69 Å². The molecule has 2 aromatic rings. The summed E-state index contributed by atoms with van der Waals surface area (Å²) in [5, 5.41) is 3.01. The number of nitrogens with one attached hydrogen (secondary N) is 1. The fraction of sp³-hybridized carbons (Fsp3) is 0.350. The molecule has 0 fully saturated rings. The highest BCUT2D eigenvalue weighted by Crippen LogP contribution is 2.35. The second kappa shape index (κ2) is 8.56. The first kappa shape index (κ1) is 18.7. The van der Waals surface area contributed by atoms with E-state index in [0.29, 0.717) is 26.3 Å². The molecule has 0 saturated carbocycles. The van der Waals surface area contributed by atoms with Crippen LogP contribution in [-0.4, -0.2) is 37.6 Å². The number of nitrogens with zero attached hydrogens (tertiary/aromatic N) is 1. The first-order chi connectivity index (χ1) is 12.6. The number of hydrogen-bond donors (Lipinski definition) is 1. The van der Waals surface area contributed by atoms with Crippen molar-refractivity contribution in [1.82, 2.24) is 4.90 Å². The Labute approximate surface area is 162 Å². The van der Waals surface area contributed by atoms with Gasteiger partial charge in [0.15, 0.2) is 11.5 Å². The lowest BCUT2D eigenvalue weighted by Gasteiger charge is -2.22. The number of halogens is 1. The molecule has 6 heteroatoms. The molecule has 3 rings (SSSR count). The first-order valence-electron chi connectivity index (χ1n) is 8.71. The second-order valence-electron chi connectivity index (χ2n) is 6.32. The summed E-state index contributed by atoms with van der Waals surface area (Å²) in [4.78, 5) is 14.4. The Bertz CT molecular complexity index is 795. The van der Waals surface area contributed by atoms with E-state index in [4.69, 9.17) is 9.47 Å². The summed E-state index contributed by atoms with van der Waals surface area (Å²) in [6, 6.07) is 11.8. The number of amides is 1. The maximum absolute atomic E-state index is 12.4. The Morgan fingerprint density at radius 3 is 2.58 bits per heavy atom. The predicted octanol–water partition coefficient (Wildman–Crippen LogP) is 3.85. The number of ether oxygens (including phenoxy) is 2. The molecule has 0 spiro atoms. The third-order valence-electron chi connectivity index (χ3n) is 4.24. The van der Waals surface area contributed by atoms with Gasteiger partial charge in [0, 0.05) is 16.7 Å². The Morgan fingerprint density at radius 2 is 1.85 bits per heavy atom. The van der Waals surface area contributed by atoms with Gasteiger partial charge in [0.2, 0.25) is 5.91 Å². The highest BCUT2D eigenvalue weighted by Gasteiger charge is 2.16. The van der Waals surface area contributed by atoms with E-state index in [0.717, 1.165) is 39.2 Å². The largest absolute Gasteiger partial charge is 0.486 e. The van der Waals surface area contributed by atoms with Crippen molar-refractivity contribution in [2.45, 2.75) is 19.9 Å². The summed E-state index contributed by atoms with van der Waals surface area (Å²) in [7, 11) is 1.93. The predicted molar refractivity (Wildman–Crippen MR) is 106 cm³/mol. The lowest BCUT2D eigenvalue weighted by Crippen LogP contribution is -2.30. The van der Waals surface area contributed by atoms with Gasteiger partial charge in [0.25, 0.3) is 0 Å². The molecule has 26 heavy (non-hydrogen) atoms. The van der Waals surface area contributed by atoms with Gasteiger partial charge in [0.05, 0.1) is 6.54 Å². The van der Waals surface area contributed by atoms with Crippen molar-refractivity contribution in [3.05, 3.63) is 52.0 Å². The van der Waals surface area contributed by atoms with E-state index in [-0.39, 0.29) is 5.91 Å². The molecule has 0 unspecified atom stereocenters. The minimum atomic E-state index is -0.0259. The molecular weight excluding hydrogens is 396 g/mol. The van der Waals surface area contributed by atoms with Crippen molar-refractivity contribution >= 4 is 27.5 Å². The molecule has 0 atom stereocenters. The highest BCUT2D eigenvalue weighted by atomic mass is 79.9. The van der Waals surface area contributed by atoms with Crippen LogP contribution in [0.25, 0.3) is 0 Å². The molecule has 0 saturated heterocycles. The third-order valence-corrected chi connectivity index (χ3v) is 4.98. The molecule has 1 aliphatic heterocycles. The third kappa shape index (κ3) is 4.56. The van der Waals surface area contributed by atoms with E-state index in [9.17, 15) is 4.79 Å². The topological polar surface area (TPSA) is 50.8 Å². The number of aryl methyl sites for hydroxylation is 1. The molecule has 5 nitrogen and oxygen atoms in total. The SMILES string of the molecule is CCc1ccccc1NC(=O)CN(C)Cc1cc2c(cc1Br)OCCO2. The Balaban J connectivity index is 1.62. The molecular formula is C20H23BrN2O3. The Hall–Kier alpha value is -2.05. The van der Waals surface area contributed by atoms with Crippen molar-refractivity contribution < 1.29 is 14.3 Å². The van der Waals surface area contributed by atoms with Gasteiger partial charge in [-0.25, -0.2) is 0 Å². The lowest BCUT2D eigenvalue weighted by molar-refractivity contribution is -0.117. The summed E-state index contributed by atoms with van der Waals surface area (Å²) in [6.45, 7) is 4.14. The number of rotatable bonds is 6. The van der Waals surface area contributed by atoms with Crippen molar-refractivity contribution in [2.24, 2.45) is 0 Å². The van der Waals surface area contributed by atoms with Crippen molar-refractivity contribution in [2.75, 3.05) is 32.1 Å². The molecule has 2 aromatic carbocycles. The van der Waals surface area contributed by atoms with E-state index in [1.807, 2.05) is 48.3 Å². The summed E-state index contributed by atoms with van der Waals surface area (Å²) in [5.74, 6) is 1.48. The number of fused-ring (bicyclic) bond motifs is 1. The molecule has 1 amide bonds. The van der Waals surface area contributed by atoms with Crippen LogP contribution in [0.3, 0.4) is 0 Å². The lowest BCUT2D eigenvalue weighted by atomic mass is 10.1. The number of benzene rings is 2. The van der Waals surface area contributed by atoms with Crippen LogP contribution in [0.2, 0.25) is 0 Å². The molecule has 0 radical (unpaired) electrons. The van der Waals surface area contributed by atoms with Gasteiger partial charge >= 0.3 is 0 Å². The quantitative estimate of drug-likeness (QED) is 0.773. The fourth-order valence-electron chi connectivity index (χ4n) is 2.96. The molecule has 0 aliphatic carbocycles. The van der Waals surface area contributed by atoms with Crippen LogP contribution in [0.4, 0.5) is 5.69 Å². The first-order valence-corrected chi connectivity index (χ1v) is 9.50. The molecule has 1 N–H and O–H groups in total. The standard InChI is InChI=1S/C20H23BrN2O3/c1-3-14-6-4-5-7-17(14)22-20(24)13-23(2)12-15-10-18-19(11-16(15)21)26-9-8-25-18/h4-7,10-11H,3,8-9,12-13H2,1-2H3,(H,22,24). The van der Waals surface area contributed by atoms with Crippen LogP contribution in [0.5, 0.6) is 11.5 Å². The maximum Gasteiger partial charge on any atom is 0.238 e. The van der Waals surface area contributed by atoms with E-state index in [2.05, 4.69) is 28.2 Å². The van der Waals surface area contributed by atoms with Crippen LogP contribution in [0, 0.1) is 0 Å². The van der Waals surface area contributed by atoms with Gasteiger partial charge in [-0.05, 0) is 42.8 Å². The van der Waals surface area contributed by atoms with Crippen LogP contribution >= 0.6 is 15.9 Å². The van der Waals surface area contributed by atoms with E-state index < -0.39 is 0 Å². The zero-order valence-corrected chi connectivity index (χ0v) is 16.6. The molecule has 0 bridgehead atoms. The normalized spacial score (nSPS) is 12.9. The van der Waals surface area contributed by atoms with Crippen LogP contribution < -0.4 is 14.8 Å². The average Bonchev–Trinajstić information content (AvgIpc) is 2.62. The fourth-order valence-corrected chi connectivity index (χ4v) is 3.41. The number of carbonyl (C=O) groups is 1. The number of carbonyl (C=O) groups excluding carboxylic acids is 1. The summed E-state index contributed by atoms with van der Waals surface area (Å²) >= 11 is 3.58.